The highest BCUT2D eigenvalue weighted by Crippen LogP contribution is 2.29. The molecule has 0 bridgehead atoms. The maximum atomic E-state index is 14.1. The fourth-order valence-corrected chi connectivity index (χ4v) is 7.42. The molecule has 8 atom stereocenters. The largest absolute Gasteiger partial charge is 0.394 e. The molecule has 13 heteroatoms. The summed E-state index contributed by atoms with van der Waals surface area (Å²) in [7, 11) is 4.84. The highest BCUT2D eigenvalue weighted by Gasteiger charge is 2.43. The molecule has 2 aliphatic heterocycles. The molecule has 0 saturated carbocycles. The Labute approximate surface area is 304 Å². The predicted octanol–water partition coefficient (Wildman–Crippen LogP) is 2.69. The molecule has 3 unspecified atom stereocenters. The first kappa shape index (κ1) is 42.2. The van der Waals surface area contributed by atoms with E-state index in [1.54, 1.807) is 42.9 Å². The summed E-state index contributed by atoms with van der Waals surface area (Å²) in [6.07, 6.45) is 1.53. The van der Waals surface area contributed by atoms with Crippen LogP contribution in [0.3, 0.4) is 0 Å². The number of hydrogen-bond donors (Lipinski definition) is 3. The highest BCUT2D eigenvalue weighted by molar-refractivity contribution is 5.87. The van der Waals surface area contributed by atoms with Gasteiger partial charge in [-0.15, -0.1) is 0 Å². The molecule has 1 aromatic carbocycles. The Kier molecular flexibility index (Phi) is 17.1. The molecule has 3 N–H and O–H groups in total. The predicted molar refractivity (Wildman–Crippen MR) is 195 cm³/mol. The van der Waals surface area contributed by atoms with E-state index in [-0.39, 0.29) is 54.7 Å². The quantitative estimate of drug-likeness (QED) is 0.210. The third-order valence-corrected chi connectivity index (χ3v) is 10.7. The van der Waals surface area contributed by atoms with Gasteiger partial charge in [-0.3, -0.25) is 14.4 Å². The number of rotatable bonds is 18. The highest BCUT2D eigenvalue weighted by atomic mass is 16.5. The minimum Gasteiger partial charge on any atom is -0.394 e. The molecule has 0 spiro atoms. The molecule has 5 amide bonds. The lowest BCUT2D eigenvalue weighted by Gasteiger charge is -2.41. The zero-order valence-electron chi connectivity index (χ0n) is 32.0. The molecule has 2 saturated heterocycles. The van der Waals surface area contributed by atoms with E-state index >= 15 is 0 Å². The van der Waals surface area contributed by atoms with Crippen molar-refractivity contribution in [1.29, 1.82) is 0 Å². The standard InChI is InChI=1S/C38H63N5O8/c1-9-26(4)34(41(6)37(47)33(25(2)3)40-38(48)42-18-20-51-21-19-42)31(49-7)23-32(45)43-17-13-16-30(43)35(50-8)27(5)36(46)39-29(24-44)22-28-14-11-10-12-15-28/h10-12,14-15,25-27,29-31,33-35,44H,9,13,16-24H2,1-8H3,(H,39,46)(H,40,48)/t26-,27+,29?,30?,31+,33?,34-,35+/m0/s1. The Morgan fingerprint density at radius 2 is 1.67 bits per heavy atom. The van der Waals surface area contributed by atoms with Crippen LogP contribution in [-0.4, -0.2) is 141 Å². The van der Waals surface area contributed by atoms with Gasteiger partial charge in [-0.05, 0) is 36.7 Å². The number of nitrogens with zero attached hydrogens (tertiary/aromatic N) is 3. The van der Waals surface area contributed by atoms with Crippen molar-refractivity contribution in [3.05, 3.63) is 35.9 Å². The van der Waals surface area contributed by atoms with Crippen LogP contribution in [-0.2, 0) is 35.0 Å². The number of hydrogen-bond acceptors (Lipinski definition) is 8. The van der Waals surface area contributed by atoms with Crippen molar-refractivity contribution in [2.75, 3.05) is 60.7 Å². The van der Waals surface area contributed by atoms with Crippen LogP contribution < -0.4 is 10.6 Å². The Hall–Kier alpha value is -3.26. The van der Waals surface area contributed by atoms with Gasteiger partial charge < -0.3 is 44.7 Å². The van der Waals surface area contributed by atoms with Crippen LogP contribution in [0.25, 0.3) is 0 Å². The Balaban J connectivity index is 1.73. The summed E-state index contributed by atoms with van der Waals surface area (Å²) in [5.74, 6) is -1.40. The first-order valence-corrected chi connectivity index (χ1v) is 18.6. The van der Waals surface area contributed by atoms with Gasteiger partial charge in [0.25, 0.3) is 0 Å². The molecule has 0 aliphatic carbocycles. The smallest absolute Gasteiger partial charge is 0.318 e. The zero-order valence-corrected chi connectivity index (χ0v) is 32.0. The van der Waals surface area contributed by atoms with Crippen molar-refractivity contribution < 1.29 is 38.5 Å². The van der Waals surface area contributed by atoms with Crippen LogP contribution in [0.4, 0.5) is 4.79 Å². The number of aliphatic hydroxyl groups is 1. The molecule has 0 radical (unpaired) electrons. The van der Waals surface area contributed by atoms with Crippen molar-refractivity contribution in [2.45, 2.75) is 103 Å². The molecule has 2 aliphatic rings. The normalized spacial score (nSPS) is 20.5. The van der Waals surface area contributed by atoms with E-state index in [0.29, 0.717) is 45.7 Å². The average molecular weight is 718 g/mol. The second-order valence-corrected chi connectivity index (χ2v) is 14.4. The molecule has 3 rings (SSSR count). The number of carbonyl (C=O) groups excluding carboxylic acids is 4. The maximum absolute atomic E-state index is 14.1. The molecule has 13 nitrogen and oxygen atoms in total. The molecular weight excluding hydrogens is 654 g/mol. The fourth-order valence-electron chi connectivity index (χ4n) is 7.42. The summed E-state index contributed by atoms with van der Waals surface area (Å²) in [4.78, 5) is 59.9. The summed E-state index contributed by atoms with van der Waals surface area (Å²) in [6.45, 7) is 11.8. The second-order valence-electron chi connectivity index (χ2n) is 14.4. The minimum absolute atomic E-state index is 0.0142. The van der Waals surface area contributed by atoms with Crippen LogP contribution in [0.1, 0.15) is 65.9 Å². The van der Waals surface area contributed by atoms with Gasteiger partial charge in [0, 0.05) is 40.9 Å². The lowest BCUT2D eigenvalue weighted by Crippen LogP contribution is -2.59. The summed E-state index contributed by atoms with van der Waals surface area (Å²) in [5.41, 5.74) is 1.01. The van der Waals surface area contributed by atoms with E-state index < -0.39 is 36.3 Å². The SMILES string of the molecule is CC[C@H](C)[C@@H]([C@@H](CC(=O)N1CCCC1[C@H](OC)[C@@H](C)C(=O)NC(CO)Cc1ccccc1)OC)N(C)C(=O)C(NC(=O)N1CCOCC1)C(C)C. The molecule has 51 heavy (non-hydrogen) atoms. The van der Waals surface area contributed by atoms with Gasteiger partial charge in [0.15, 0.2) is 0 Å². The molecular formula is C38H63N5O8. The lowest BCUT2D eigenvalue weighted by molar-refractivity contribution is -0.147. The van der Waals surface area contributed by atoms with E-state index in [4.69, 9.17) is 14.2 Å². The number of likely N-dealkylation sites (tertiary alicyclic amines) is 1. The number of ether oxygens (including phenoxy) is 3. The van der Waals surface area contributed by atoms with Crippen molar-refractivity contribution in [2.24, 2.45) is 17.8 Å². The summed E-state index contributed by atoms with van der Waals surface area (Å²) in [6, 6.07) is 7.39. The van der Waals surface area contributed by atoms with E-state index in [0.717, 1.165) is 18.4 Å². The number of benzene rings is 1. The number of morpholine rings is 1. The average Bonchev–Trinajstić information content (AvgIpc) is 3.63. The number of nitrogens with one attached hydrogen (secondary N) is 2. The second kappa shape index (κ2) is 20.7. The van der Waals surface area contributed by atoms with Gasteiger partial charge in [0.2, 0.25) is 17.7 Å². The number of amides is 5. The molecule has 2 heterocycles. The van der Waals surface area contributed by atoms with Crippen molar-refractivity contribution in [3.63, 3.8) is 0 Å². The Morgan fingerprint density at radius 1 is 1.00 bits per heavy atom. The van der Waals surface area contributed by atoms with Crippen LogP contribution in [0.15, 0.2) is 30.3 Å². The summed E-state index contributed by atoms with van der Waals surface area (Å²) >= 11 is 0. The first-order valence-electron chi connectivity index (χ1n) is 18.6. The van der Waals surface area contributed by atoms with E-state index in [9.17, 15) is 24.3 Å². The molecule has 2 fully saturated rings. The molecule has 0 aromatic heterocycles. The molecule has 288 valence electrons. The summed E-state index contributed by atoms with van der Waals surface area (Å²) in [5, 5.41) is 15.9. The van der Waals surface area contributed by atoms with Gasteiger partial charge in [-0.2, -0.15) is 0 Å². The maximum Gasteiger partial charge on any atom is 0.318 e. The lowest BCUT2D eigenvalue weighted by atomic mass is 9.89. The number of urea groups is 1. The third kappa shape index (κ3) is 11.4. The number of carbonyl (C=O) groups is 4. The topological polar surface area (TPSA) is 150 Å². The van der Waals surface area contributed by atoms with Gasteiger partial charge in [-0.25, -0.2) is 4.79 Å². The molecule has 1 aromatic rings. The van der Waals surface area contributed by atoms with Crippen LogP contribution in [0.5, 0.6) is 0 Å². The van der Waals surface area contributed by atoms with Crippen LogP contribution >= 0.6 is 0 Å². The number of likely N-dealkylation sites (N-methyl/N-ethyl adjacent to an activating group) is 1. The van der Waals surface area contributed by atoms with Crippen LogP contribution in [0.2, 0.25) is 0 Å². The van der Waals surface area contributed by atoms with Crippen molar-refractivity contribution >= 4 is 23.8 Å². The Morgan fingerprint density at radius 3 is 2.24 bits per heavy atom. The van der Waals surface area contributed by atoms with E-state index in [1.165, 1.54) is 0 Å². The van der Waals surface area contributed by atoms with Gasteiger partial charge in [-0.1, -0.05) is 71.4 Å². The van der Waals surface area contributed by atoms with Gasteiger partial charge >= 0.3 is 6.03 Å². The van der Waals surface area contributed by atoms with Gasteiger partial charge in [0.1, 0.15) is 6.04 Å². The van der Waals surface area contributed by atoms with E-state index in [1.807, 2.05) is 58.0 Å². The first-order chi connectivity index (χ1) is 24.4. The minimum atomic E-state index is -0.763. The summed E-state index contributed by atoms with van der Waals surface area (Å²) < 4.78 is 17.3. The fraction of sp³-hybridized carbons (Fsp3) is 0.737. The van der Waals surface area contributed by atoms with Crippen molar-refractivity contribution in [3.8, 4) is 0 Å². The Bertz CT molecular complexity index is 1250. The number of aliphatic hydroxyl groups excluding tert-OH is 1. The van der Waals surface area contributed by atoms with Crippen LogP contribution in [0, 0.1) is 17.8 Å². The monoisotopic (exact) mass is 717 g/mol. The zero-order chi connectivity index (χ0) is 37.7. The number of methoxy groups -OCH3 is 2. The third-order valence-electron chi connectivity index (χ3n) is 10.7. The van der Waals surface area contributed by atoms with Crippen molar-refractivity contribution in [1.82, 2.24) is 25.3 Å². The van der Waals surface area contributed by atoms with Gasteiger partial charge in [0.05, 0.1) is 62.5 Å². The van der Waals surface area contributed by atoms with E-state index in [2.05, 4.69) is 10.6 Å².